The van der Waals surface area contributed by atoms with Crippen molar-refractivity contribution >= 4 is 149 Å². The van der Waals surface area contributed by atoms with Crippen LogP contribution in [0.25, 0.3) is 0 Å². The molecule has 2 aliphatic carbocycles. The van der Waals surface area contributed by atoms with Gasteiger partial charge in [-0.25, -0.2) is 9.97 Å². The van der Waals surface area contributed by atoms with E-state index in [1.54, 1.807) is 0 Å². The molecule has 0 unspecified atom stereocenters. The molecule has 530 valence electrons. The first kappa shape index (κ1) is 67.3. The molecule has 19 rings (SSSR count). The molecule has 0 amide bonds. The van der Waals surface area contributed by atoms with Crippen LogP contribution in [0.3, 0.4) is 0 Å². The lowest BCUT2D eigenvalue weighted by molar-refractivity contribution is 0.332. The van der Waals surface area contributed by atoms with Crippen molar-refractivity contribution in [2.24, 2.45) is 0 Å². The van der Waals surface area contributed by atoms with Crippen molar-refractivity contribution < 1.29 is 0 Å². The van der Waals surface area contributed by atoms with Gasteiger partial charge in [-0.2, -0.15) is 0 Å². The summed E-state index contributed by atoms with van der Waals surface area (Å²) in [5.74, 6) is 3.45. The molecule has 0 fully saturated rings. The van der Waals surface area contributed by atoms with E-state index in [-0.39, 0.29) is 35.1 Å². The van der Waals surface area contributed by atoms with E-state index in [1.165, 1.54) is 83.2 Å². The highest BCUT2D eigenvalue weighted by molar-refractivity contribution is 7.03. The first-order valence-corrected chi connectivity index (χ1v) is 39.0. The summed E-state index contributed by atoms with van der Waals surface area (Å²) in [6, 6.07) is 96.6. The normalized spacial score (nSPS) is 16.1. The topological polar surface area (TPSA) is 45.2 Å². The number of aryl methyl sites for hydroxylation is 6. The minimum absolute atomic E-state index is 0.0148. The van der Waals surface area contributed by atoms with Gasteiger partial charge in [0.05, 0.1) is 22.7 Å². The number of pyridine rings is 2. The zero-order valence-electron chi connectivity index (χ0n) is 64.8. The summed E-state index contributed by atoms with van der Waals surface area (Å²) in [5, 5.41) is 0. The molecular formula is C98H92B2N8. The fraction of sp³-hybridized carbons (Fsp3) is 0.224. The van der Waals surface area contributed by atoms with Gasteiger partial charge in [-0.05, 0) is 256 Å². The Bertz CT molecular complexity index is 5820. The highest BCUT2D eigenvalue weighted by Gasteiger charge is 2.52. The Morgan fingerprint density at radius 2 is 0.639 bits per heavy atom. The molecule has 11 aromatic carbocycles. The van der Waals surface area contributed by atoms with Gasteiger partial charge in [0.2, 0.25) is 0 Å². The Morgan fingerprint density at radius 1 is 0.278 bits per heavy atom. The lowest BCUT2D eigenvalue weighted by atomic mass is 9.30. The second-order valence-corrected chi connectivity index (χ2v) is 34.2. The van der Waals surface area contributed by atoms with Crippen molar-refractivity contribution in [3.8, 4) is 0 Å². The number of nitrogens with zero attached hydrogens (tertiary/aromatic N) is 8. The summed E-state index contributed by atoms with van der Waals surface area (Å²) in [5.41, 5.74) is 35.2. The van der Waals surface area contributed by atoms with E-state index >= 15 is 0 Å². The largest absolute Gasteiger partial charge is 0.311 e. The van der Waals surface area contributed by atoms with E-state index in [0.29, 0.717) is 0 Å². The van der Waals surface area contributed by atoms with Gasteiger partial charge >= 0.3 is 0 Å². The Hall–Kier alpha value is -11.4. The van der Waals surface area contributed by atoms with Gasteiger partial charge in [0.15, 0.2) is 0 Å². The Balaban J connectivity index is 0.973. The second-order valence-electron chi connectivity index (χ2n) is 34.2. The van der Waals surface area contributed by atoms with E-state index in [0.717, 1.165) is 134 Å². The number of para-hydroxylation sites is 8. The van der Waals surface area contributed by atoms with Crippen LogP contribution in [0, 0.1) is 41.5 Å². The minimum atomic E-state index is -0.291. The van der Waals surface area contributed by atoms with Crippen molar-refractivity contribution in [1.29, 1.82) is 0 Å². The molecule has 0 radical (unpaired) electrons. The van der Waals surface area contributed by atoms with Crippen molar-refractivity contribution in [2.75, 3.05) is 29.4 Å². The first-order valence-electron chi connectivity index (χ1n) is 39.0. The van der Waals surface area contributed by atoms with Gasteiger partial charge in [-0.3, -0.25) is 19.6 Å². The van der Waals surface area contributed by atoms with E-state index in [4.69, 9.17) is 9.97 Å². The third kappa shape index (κ3) is 10.2. The van der Waals surface area contributed by atoms with Crippen LogP contribution >= 0.6 is 0 Å². The van der Waals surface area contributed by atoms with Crippen molar-refractivity contribution in [2.45, 2.75) is 144 Å². The fourth-order valence-electron chi connectivity index (χ4n) is 19.6. The van der Waals surface area contributed by atoms with E-state index < -0.39 is 0 Å². The number of hydrogen-bond donors (Lipinski definition) is 0. The average molecular weight is 1400 g/mol. The van der Waals surface area contributed by atoms with E-state index in [9.17, 15) is 0 Å². The van der Waals surface area contributed by atoms with E-state index in [2.05, 4.69) is 381 Å². The molecule has 0 bridgehead atoms. The zero-order valence-corrected chi connectivity index (χ0v) is 64.8. The van der Waals surface area contributed by atoms with Gasteiger partial charge in [-0.1, -0.05) is 219 Å². The summed E-state index contributed by atoms with van der Waals surface area (Å²) < 4.78 is 0. The smallest absolute Gasteiger partial charge is 0.254 e. The predicted molar refractivity (Wildman–Crippen MR) is 458 cm³/mol. The van der Waals surface area contributed by atoms with Crippen LogP contribution in [0.15, 0.2) is 255 Å². The second kappa shape index (κ2) is 24.6. The van der Waals surface area contributed by atoms with E-state index in [1.807, 2.05) is 0 Å². The average Bonchev–Trinajstić information content (AvgIpc) is 0.682. The summed E-state index contributed by atoms with van der Waals surface area (Å²) >= 11 is 0. The molecule has 0 saturated heterocycles. The van der Waals surface area contributed by atoms with Crippen LogP contribution in [0.2, 0.25) is 0 Å². The van der Waals surface area contributed by atoms with Gasteiger partial charge in [0.1, 0.15) is 23.3 Å². The number of benzene rings is 11. The summed E-state index contributed by atoms with van der Waals surface area (Å²) in [4.78, 5) is 27.9. The minimum Gasteiger partial charge on any atom is -0.311 e. The van der Waals surface area contributed by atoms with Crippen LogP contribution in [0.1, 0.15) is 137 Å². The van der Waals surface area contributed by atoms with Crippen molar-refractivity contribution in [1.82, 2.24) is 9.97 Å². The standard InChI is InChI=1S/C98H92B2N8/c1-61-32-24-27-45-79(61)107(91-63(3)34-30-35-64(91)4)87-59-85-89-93(101-87)105(68-40-20-16-21-41-68)83-58-84-78(57-77(83)99(89)75-44-26-29-47-81(75)103(85)67-38-18-15-19-39-67)100-76-55-73-74(98(13,14)53-52-97(73,11)12)56-82(76)104(70-48-49-71-72(54-70)96(9,10)51-50-95(71,7)8)86-60-88(102-94(90(86)100)106(84)69-42-22-17-23-43-69)108(80-46-28-25-33-62(80)2)92-65(5)36-31-37-66(92)6/h15-49,54-60H,50-53H2,1-14H3. The lowest BCUT2D eigenvalue weighted by Crippen LogP contribution is -2.65. The molecule has 8 nitrogen and oxygen atoms in total. The highest BCUT2D eigenvalue weighted by atomic mass is 15.3. The molecule has 108 heavy (non-hydrogen) atoms. The number of hydrogen-bond acceptors (Lipinski definition) is 8. The molecule has 13 aromatic rings. The van der Waals surface area contributed by atoms with Crippen LogP contribution in [0.4, 0.5) is 103 Å². The third-order valence-electron chi connectivity index (χ3n) is 25.4. The molecule has 6 aliphatic rings. The Morgan fingerprint density at radius 3 is 1.11 bits per heavy atom. The van der Waals surface area contributed by atoms with Crippen LogP contribution in [-0.4, -0.2) is 23.4 Å². The fourth-order valence-corrected chi connectivity index (χ4v) is 19.6. The van der Waals surface area contributed by atoms with Gasteiger partial charge < -0.3 is 9.80 Å². The van der Waals surface area contributed by atoms with Crippen LogP contribution < -0.4 is 62.2 Å². The summed E-state index contributed by atoms with van der Waals surface area (Å²) in [6.07, 6.45) is 4.42. The Kier molecular flexibility index (Phi) is 15.3. The molecule has 4 aliphatic heterocycles. The maximum Gasteiger partial charge on any atom is 0.254 e. The SMILES string of the molecule is Cc1ccccc1N(c1cc2c3c(n1)N(c1ccccc1)c1cc4c(cc1B3c1ccccc1N2c1ccccc1)B1c2cc3c(cc2N(c2ccc5c(c2)C(C)(C)CCC5(C)C)c2cc(N(c5ccccc5C)c5c(C)cccc5C)nc(c21)N4c1ccccc1)C(C)(C)CCC3(C)C)c1c(C)cccc1C. The van der Waals surface area contributed by atoms with Crippen LogP contribution in [-0.2, 0) is 21.7 Å². The van der Waals surface area contributed by atoms with Crippen molar-refractivity contribution in [3.63, 3.8) is 0 Å². The van der Waals surface area contributed by atoms with Gasteiger partial charge in [0.25, 0.3) is 13.4 Å². The molecule has 2 aromatic heterocycles. The quantitative estimate of drug-likeness (QED) is 0.126. The first-order chi connectivity index (χ1) is 52.1. The van der Waals surface area contributed by atoms with Crippen molar-refractivity contribution in [3.05, 3.63) is 310 Å². The van der Waals surface area contributed by atoms with Gasteiger partial charge in [0, 0.05) is 69.0 Å². The number of fused-ring (bicyclic) bond motifs is 10. The summed E-state index contributed by atoms with van der Waals surface area (Å²) in [6.45, 7) is 32.8. The molecule has 0 spiro atoms. The molecule has 0 atom stereocenters. The zero-order chi connectivity index (χ0) is 74.2. The van der Waals surface area contributed by atoms with Gasteiger partial charge in [-0.15, -0.1) is 0 Å². The third-order valence-corrected chi connectivity index (χ3v) is 25.4. The molecule has 10 heteroatoms. The maximum absolute atomic E-state index is 6.43. The maximum atomic E-state index is 6.43. The van der Waals surface area contributed by atoms with Crippen LogP contribution in [0.5, 0.6) is 0 Å². The predicted octanol–water partition coefficient (Wildman–Crippen LogP) is 22.1. The molecule has 0 N–H and O–H groups in total. The molecule has 6 heterocycles. The molecular weight excluding hydrogens is 1310 g/mol. The number of aromatic nitrogens is 2. The highest BCUT2D eigenvalue weighted by Crippen LogP contribution is 2.56. The molecule has 0 saturated carbocycles. The number of anilines is 18. The number of rotatable bonds is 10. The lowest BCUT2D eigenvalue weighted by Gasteiger charge is -2.48. The Labute approximate surface area is 639 Å². The monoisotopic (exact) mass is 1400 g/mol. The summed E-state index contributed by atoms with van der Waals surface area (Å²) in [7, 11) is 0.